The Morgan fingerprint density at radius 2 is 1.79 bits per heavy atom. The Bertz CT molecular complexity index is 612. The van der Waals surface area contributed by atoms with Gasteiger partial charge in [0.25, 0.3) is 0 Å². The molecule has 2 N–H and O–H groups in total. The first kappa shape index (κ1) is 11.2. The number of piperazine rings is 1. The van der Waals surface area contributed by atoms with Crippen LogP contribution in [0, 0.1) is 0 Å². The monoisotopic (exact) mass is 250 g/mol. The Kier molecular flexibility index (Phi) is 2.64. The van der Waals surface area contributed by atoms with Crippen molar-refractivity contribution >= 4 is 0 Å². The molecule has 1 fully saturated rings. The van der Waals surface area contributed by atoms with Gasteiger partial charge in [0.05, 0.1) is 0 Å². The largest absolute Gasteiger partial charge is 0.314 e. The molecule has 0 amide bonds. The summed E-state index contributed by atoms with van der Waals surface area (Å²) in [6.45, 7) is 3.17. The molecule has 2 aliphatic rings. The minimum absolute atomic E-state index is 0.456. The van der Waals surface area contributed by atoms with Crippen molar-refractivity contribution in [3.05, 3.63) is 59.2 Å². The molecule has 1 atom stereocenters. The summed E-state index contributed by atoms with van der Waals surface area (Å²) >= 11 is 0. The summed E-state index contributed by atoms with van der Waals surface area (Å²) in [6, 6.07) is 16.0. The molecule has 1 aliphatic carbocycles. The highest BCUT2D eigenvalue weighted by Gasteiger charge is 2.24. The van der Waals surface area contributed by atoms with Crippen molar-refractivity contribution in [3.8, 4) is 11.1 Å². The Labute approximate surface area is 113 Å². The number of hydrogen-bond acceptors (Lipinski definition) is 2. The average Bonchev–Trinajstić information content (AvgIpc) is 2.87. The summed E-state index contributed by atoms with van der Waals surface area (Å²) in [4.78, 5) is 0. The van der Waals surface area contributed by atoms with Crippen LogP contribution < -0.4 is 10.6 Å². The minimum atomic E-state index is 0.456. The van der Waals surface area contributed by atoms with Crippen molar-refractivity contribution < 1.29 is 0 Å². The lowest BCUT2D eigenvalue weighted by molar-refractivity contribution is 0.429. The van der Waals surface area contributed by atoms with Crippen molar-refractivity contribution in [1.82, 2.24) is 10.6 Å². The molecule has 4 rings (SSSR count). The van der Waals surface area contributed by atoms with Gasteiger partial charge in [0.15, 0.2) is 0 Å². The fourth-order valence-electron chi connectivity index (χ4n) is 3.38. The SMILES string of the molecule is c1ccc2c(c1)Cc1c-2cccc1C1CNCCN1. The second-order valence-electron chi connectivity index (χ2n) is 5.42. The van der Waals surface area contributed by atoms with Crippen LogP contribution >= 0.6 is 0 Å². The van der Waals surface area contributed by atoms with E-state index in [2.05, 4.69) is 53.1 Å². The van der Waals surface area contributed by atoms with Crippen molar-refractivity contribution in [1.29, 1.82) is 0 Å². The molecule has 0 saturated carbocycles. The third kappa shape index (κ3) is 1.79. The molecule has 2 heteroatoms. The van der Waals surface area contributed by atoms with E-state index in [0.717, 1.165) is 26.1 Å². The standard InChI is InChI=1S/C17H18N2/c1-2-5-13-12(4-1)10-16-14(13)6-3-7-15(16)17-11-18-8-9-19-17/h1-7,17-19H,8-11H2. The quantitative estimate of drug-likeness (QED) is 0.693. The normalized spacial score (nSPS) is 20.9. The molecule has 1 heterocycles. The van der Waals surface area contributed by atoms with E-state index < -0.39 is 0 Å². The van der Waals surface area contributed by atoms with Crippen molar-refractivity contribution in [2.45, 2.75) is 12.5 Å². The highest BCUT2D eigenvalue weighted by Crippen LogP contribution is 2.39. The maximum atomic E-state index is 3.63. The van der Waals surface area contributed by atoms with E-state index >= 15 is 0 Å². The lowest BCUT2D eigenvalue weighted by Gasteiger charge is -2.26. The van der Waals surface area contributed by atoms with Crippen LogP contribution in [0.4, 0.5) is 0 Å². The van der Waals surface area contributed by atoms with E-state index in [0.29, 0.717) is 6.04 Å². The molecule has 0 spiro atoms. The maximum absolute atomic E-state index is 3.63. The number of fused-ring (bicyclic) bond motifs is 3. The molecule has 1 saturated heterocycles. The maximum Gasteiger partial charge on any atom is 0.0450 e. The number of hydrogen-bond donors (Lipinski definition) is 2. The molecule has 2 aromatic carbocycles. The van der Waals surface area contributed by atoms with Gasteiger partial charge in [-0.1, -0.05) is 42.5 Å². The van der Waals surface area contributed by atoms with Crippen LogP contribution in [-0.4, -0.2) is 19.6 Å². The molecule has 0 aromatic heterocycles. The first-order chi connectivity index (χ1) is 9.43. The molecule has 2 aromatic rings. The Morgan fingerprint density at radius 1 is 0.895 bits per heavy atom. The summed E-state index contributed by atoms with van der Waals surface area (Å²) in [5, 5.41) is 7.11. The van der Waals surface area contributed by atoms with E-state index in [9.17, 15) is 0 Å². The van der Waals surface area contributed by atoms with Gasteiger partial charge in [-0.2, -0.15) is 0 Å². The average molecular weight is 250 g/mol. The predicted molar refractivity (Wildman–Crippen MR) is 78.3 cm³/mol. The second-order valence-corrected chi connectivity index (χ2v) is 5.42. The topological polar surface area (TPSA) is 24.1 Å². The molecule has 1 unspecified atom stereocenters. The van der Waals surface area contributed by atoms with Crippen LogP contribution in [0.1, 0.15) is 22.7 Å². The number of rotatable bonds is 1. The highest BCUT2D eigenvalue weighted by atomic mass is 15.1. The third-order valence-electron chi connectivity index (χ3n) is 4.30. The molecule has 1 aliphatic heterocycles. The Balaban J connectivity index is 1.80. The zero-order chi connectivity index (χ0) is 12.7. The first-order valence-electron chi connectivity index (χ1n) is 7.07. The summed E-state index contributed by atoms with van der Waals surface area (Å²) in [5.74, 6) is 0. The zero-order valence-corrected chi connectivity index (χ0v) is 10.9. The fourth-order valence-corrected chi connectivity index (χ4v) is 3.38. The number of nitrogens with one attached hydrogen (secondary N) is 2. The Hall–Kier alpha value is -1.64. The molecule has 2 nitrogen and oxygen atoms in total. The molecule has 0 radical (unpaired) electrons. The highest BCUT2D eigenvalue weighted by molar-refractivity contribution is 5.78. The smallest absolute Gasteiger partial charge is 0.0450 e. The molecule has 0 bridgehead atoms. The van der Waals surface area contributed by atoms with Crippen LogP contribution in [0.25, 0.3) is 11.1 Å². The van der Waals surface area contributed by atoms with Crippen LogP contribution in [0.15, 0.2) is 42.5 Å². The van der Waals surface area contributed by atoms with Gasteiger partial charge in [0.2, 0.25) is 0 Å². The van der Waals surface area contributed by atoms with E-state index in [4.69, 9.17) is 0 Å². The van der Waals surface area contributed by atoms with Crippen LogP contribution in [0.2, 0.25) is 0 Å². The van der Waals surface area contributed by atoms with Crippen molar-refractivity contribution in [2.75, 3.05) is 19.6 Å². The summed E-state index contributed by atoms with van der Waals surface area (Å²) in [6.07, 6.45) is 1.08. The van der Waals surface area contributed by atoms with Gasteiger partial charge in [0, 0.05) is 25.7 Å². The lowest BCUT2D eigenvalue weighted by atomic mass is 9.95. The second kappa shape index (κ2) is 4.48. The van der Waals surface area contributed by atoms with Crippen molar-refractivity contribution in [3.63, 3.8) is 0 Å². The fraction of sp³-hybridized carbons (Fsp3) is 0.294. The molecule has 96 valence electrons. The van der Waals surface area contributed by atoms with Crippen LogP contribution in [0.5, 0.6) is 0 Å². The summed E-state index contributed by atoms with van der Waals surface area (Å²) < 4.78 is 0. The van der Waals surface area contributed by atoms with Crippen LogP contribution in [0.3, 0.4) is 0 Å². The van der Waals surface area contributed by atoms with Gasteiger partial charge in [-0.05, 0) is 34.2 Å². The van der Waals surface area contributed by atoms with E-state index in [1.807, 2.05) is 0 Å². The van der Waals surface area contributed by atoms with E-state index in [-0.39, 0.29) is 0 Å². The molecule has 19 heavy (non-hydrogen) atoms. The number of benzene rings is 2. The minimum Gasteiger partial charge on any atom is -0.314 e. The zero-order valence-electron chi connectivity index (χ0n) is 10.9. The Morgan fingerprint density at radius 3 is 2.68 bits per heavy atom. The van der Waals surface area contributed by atoms with Gasteiger partial charge in [-0.25, -0.2) is 0 Å². The summed E-state index contributed by atoms with van der Waals surface area (Å²) in [5.41, 5.74) is 7.31. The van der Waals surface area contributed by atoms with Gasteiger partial charge in [-0.3, -0.25) is 0 Å². The molecular weight excluding hydrogens is 232 g/mol. The van der Waals surface area contributed by atoms with Gasteiger partial charge in [-0.15, -0.1) is 0 Å². The van der Waals surface area contributed by atoms with E-state index in [1.165, 1.54) is 27.8 Å². The van der Waals surface area contributed by atoms with Crippen LogP contribution in [-0.2, 0) is 6.42 Å². The first-order valence-corrected chi connectivity index (χ1v) is 7.07. The lowest BCUT2D eigenvalue weighted by Crippen LogP contribution is -2.42. The summed E-state index contributed by atoms with van der Waals surface area (Å²) in [7, 11) is 0. The van der Waals surface area contributed by atoms with Gasteiger partial charge in [0.1, 0.15) is 0 Å². The van der Waals surface area contributed by atoms with Gasteiger partial charge < -0.3 is 10.6 Å². The van der Waals surface area contributed by atoms with Gasteiger partial charge >= 0.3 is 0 Å². The molecular formula is C17H18N2. The van der Waals surface area contributed by atoms with E-state index in [1.54, 1.807) is 0 Å². The third-order valence-corrected chi connectivity index (χ3v) is 4.30. The van der Waals surface area contributed by atoms with Crippen molar-refractivity contribution in [2.24, 2.45) is 0 Å². The predicted octanol–water partition coefficient (Wildman–Crippen LogP) is 2.49.